The maximum absolute atomic E-state index is 13.6. The van der Waals surface area contributed by atoms with Crippen molar-refractivity contribution in [1.82, 2.24) is 4.72 Å². The third-order valence-electron chi connectivity index (χ3n) is 2.57. The normalized spacial score (nSPS) is 11.3. The zero-order valence-electron chi connectivity index (χ0n) is 11.8. The van der Waals surface area contributed by atoms with E-state index in [0.717, 1.165) is 12.1 Å². The van der Waals surface area contributed by atoms with Crippen molar-refractivity contribution in [3.63, 3.8) is 0 Å². The maximum atomic E-state index is 13.6. The summed E-state index contributed by atoms with van der Waals surface area (Å²) >= 11 is 0. The third-order valence-corrected chi connectivity index (χ3v) is 4.01. The predicted octanol–water partition coefficient (Wildman–Crippen LogP) is 1.29. The standard InChI is InChI=1S/C13H19FN2O4S/c1-3-4-6-20-7-5-16-21(17,18)10-8-11(14)13(19-2)12(15)9-10/h3,8-9,16H,1,4-7,15H2,2H3. The smallest absolute Gasteiger partial charge is 0.240 e. The van der Waals surface area contributed by atoms with Gasteiger partial charge in [0.05, 0.1) is 30.9 Å². The number of nitrogens with two attached hydrogens (primary N) is 1. The molecule has 1 rings (SSSR count). The molecule has 0 atom stereocenters. The summed E-state index contributed by atoms with van der Waals surface area (Å²) in [5.74, 6) is -1.01. The molecule has 1 aromatic carbocycles. The molecule has 0 aromatic heterocycles. The average molecular weight is 318 g/mol. The first-order chi connectivity index (χ1) is 9.92. The third kappa shape index (κ3) is 5.00. The van der Waals surface area contributed by atoms with Crippen LogP contribution in [0.25, 0.3) is 0 Å². The van der Waals surface area contributed by atoms with Crippen molar-refractivity contribution in [1.29, 1.82) is 0 Å². The molecule has 0 saturated heterocycles. The van der Waals surface area contributed by atoms with Crippen LogP contribution in [0.3, 0.4) is 0 Å². The summed E-state index contributed by atoms with van der Waals surface area (Å²) in [6.07, 6.45) is 2.39. The van der Waals surface area contributed by atoms with Gasteiger partial charge in [0.25, 0.3) is 0 Å². The highest BCUT2D eigenvalue weighted by Crippen LogP contribution is 2.28. The van der Waals surface area contributed by atoms with E-state index in [2.05, 4.69) is 11.3 Å². The Balaban J connectivity index is 2.68. The lowest BCUT2D eigenvalue weighted by Crippen LogP contribution is -2.27. The Morgan fingerprint density at radius 3 is 2.71 bits per heavy atom. The second-order valence-electron chi connectivity index (χ2n) is 4.12. The van der Waals surface area contributed by atoms with Gasteiger partial charge in [0, 0.05) is 6.54 Å². The number of nitrogen functional groups attached to an aromatic ring is 1. The van der Waals surface area contributed by atoms with Crippen LogP contribution in [0, 0.1) is 5.82 Å². The van der Waals surface area contributed by atoms with E-state index in [1.165, 1.54) is 7.11 Å². The van der Waals surface area contributed by atoms with Crippen molar-refractivity contribution < 1.29 is 22.3 Å². The first kappa shape index (κ1) is 17.4. The van der Waals surface area contributed by atoms with Gasteiger partial charge < -0.3 is 15.2 Å². The van der Waals surface area contributed by atoms with Crippen molar-refractivity contribution in [3.05, 3.63) is 30.6 Å². The van der Waals surface area contributed by atoms with Crippen molar-refractivity contribution in [2.45, 2.75) is 11.3 Å². The van der Waals surface area contributed by atoms with Gasteiger partial charge in [-0.05, 0) is 18.6 Å². The molecule has 0 aliphatic rings. The van der Waals surface area contributed by atoms with E-state index < -0.39 is 15.8 Å². The maximum Gasteiger partial charge on any atom is 0.240 e. The number of sulfonamides is 1. The van der Waals surface area contributed by atoms with Crippen molar-refractivity contribution >= 4 is 15.7 Å². The molecule has 0 heterocycles. The average Bonchev–Trinajstić information content (AvgIpc) is 2.42. The minimum absolute atomic E-state index is 0.0764. The Labute approximate surface area is 123 Å². The Morgan fingerprint density at radius 2 is 2.14 bits per heavy atom. The first-order valence-electron chi connectivity index (χ1n) is 6.23. The lowest BCUT2D eigenvalue weighted by Gasteiger charge is -2.10. The number of hydrogen-bond donors (Lipinski definition) is 2. The number of hydrogen-bond acceptors (Lipinski definition) is 5. The van der Waals surface area contributed by atoms with Crippen LogP contribution in [-0.2, 0) is 14.8 Å². The summed E-state index contributed by atoms with van der Waals surface area (Å²) < 4.78 is 49.8. The van der Waals surface area contributed by atoms with Crippen LogP contribution in [0.15, 0.2) is 29.7 Å². The van der Waals surface area contributed by atoms with Crippen LogP contribution in [0.5, 0.6) is 5.75 Å². The summed E-state index contributed by atoms with van der Waals surface area (Å²) in [7, 11) is -2.60. The minimum Gasteiger partial charge on any atom is -0.492 e. The molecule has 0 unspecified atom stereocenters. The number of ether oxygens (including phenoxy) is 2. The second-order valence-corrected chi connectivity index (χ2v) is 5.88. The van der Waals surface area contributed by atoms with Gasteiger partial charge >= 0.3 is 0 Å². The molecule has 1 aromatic rings. The zero-order valence-corrected chi connectivity index (χ0v) is 12.6. The Morgan fingerprint density at radius 1 is 1.43 bits per heavy atom. The SMILES string of the molecule is C=CCCOCCNS(=O)(=O)c1cc(N)c(OC)c(F)c1. The molecule has 3 N–H and O–H groups in total. The second kappa shape index (κ2) is 7.96. The summed E-state index contributed by atoms with van der Waals surface area (Å²) in [5.41, 5.74) is 5.46. The summed E-state index contributed by atoms with van der Waals surface area (Å²) in [5, 5.41) is 0. The lowest BCUT2D eigenvalue weighted by atomic mass is 10.3. The van der Waals surface area contributed by atoms with Gasteiger partial charge in [0.15, 0.2) is 11.6 Å². The molecule has 0 aliphatic heterocycles. The van der Waals surface area contributed by atoms with Crippen molar-refractivity contribution in [3.8, 4) is 5.75 Å². The van der Waals surface area contributed by atoms with Gasteiger partial charge in [-0.25, -0.2) is 17.5 Å². The molecule has 0 spiro atoms. The summed E-state index contributed by atoms with van der Waals surface area (Å²) in [6.45, 7) is 4.29. The number of anilines is 1. The monoisotopic (exact) mass is 318 g/mol. The number of methoxy groups -OCH3 is 1. The van der Waals surface area contributed by atoms with E-state index in [1.54, 1.807) is 6.08 Å². The zero-order chi connectivity index (χ0) is 15.9. The van der Waals surface area contributed by atoms with E-state index in [4.69, 9.17) is 15.2 Å². The molecule has 6 nitrogen and oxygen atoms in total. The number of nitrogens with one attached hydrogen (secondary N) is 1. The fourth-order valence-electron chi connectivity index (χ4n) is 1.56. The highest BCUT2D eigenvalue weighted by Gasteiger charge is 2.18. The molecular weight excluding hydrogens is 299 g/mol. The van der Waals surface area contributed by atoms with Crippen molar-refractivity contribution in [2.75, 3.05) is 32.6 Å². The van der Waals surface area contributed by atoms with Crippen LogP contribution >= 0.6 is 0 Å². The fraction of sp³-hybridized carbons (Fsp3) is 0.385. The molecule has 21 heavy (non-hydrogen) atoms. The van der Waals surface area contributed by atoms with Crippen LogP contribution in [-0.4, -0.2) is 35.3 Å². The fourth-order valence-corrected chi connectivity index (χ4v) is 2.62. The molecule has 8 heteroatoms. The molecular formula is C13H19FN2O4S. The number of halogens is 1. The number of rotatable bonds is 9. The van der Waals surface area contributed by atoms with E-state index in [9.17, 15) is 12.8 Å². The van der Waals surface area contributed by atoms with Gasteiger partial charge in [-0.2, -0.15) is 0 Å². The lowest BCUT2D eigenvalue weighted by molar-refractivity contribution is 0.144. The molecule has 0 amide bonds. The molecule has 0 radical (unpaired) electrons. The Hall–Kier alpha value is -1.64. The Kier molecular flexibility index (Phi) is 6.60. The predicted molar refractivity (Wildman–Crippen MR) is 78.2 cm³/mol. The highest BCUT2D eigenvalue weighted by atomic mass is 32.2. The number of benzene rings is 1. The summed E-state index contributed by atoms with van der Waals surface area (Å²) in [6, 6.07) is 2.00. The largest absolute Gasteiger partial charge is 0.492 e. The highest BCUT2D eigenvalue weighted by molar-refractivity contribution is 7.89. The van der Waals surface area contributed by atoms with E-state index >= 15 is 0 Å². The van der Waals surface area contributed by atoms with Crippen molar-refractivity contribution in [2.24, 2.45) is 0 Å². The van der Waals surface area contributed by atoms with Crippen LogP contribution in [0.1, 0.15) is 6.42 Å². The van der Waals surface area contributed by atoms with Gasteiger partial charge in [-0.3, -0.25) is 0 Å². The molecule has 118 valence electrons. The van der Waals surface area contributed by atoms with E-state index in [0.29, 0.717) is 13.0 Å². The molecule has 0 aliphatic carbocycles. The Bertz CT molecular complexity index is 567. The molecule has 0 fully saturated rings. The van der Waals surface area contributed by atoms with Gasteiger partial charge in [-0.15, -0.1) is 6.58 Å². The van der Waals surface area contributed by atoms with Gasteiger partial charge in [0.1, 0.15) is 0 Å². The van der Waals surface area contributed by atoms with E-state index in [1.807, 2.05) is 0 Å². The van der Waals surface area contributed by atoms with Gasteiger partial charge in [0.2, 0.25) is 10.0 Å². The van der Waals surface area contributed by atoms with E-state index in [-0.39, 0.29) is 29.5 Å². The minimum atomic E-state index is -3.85. The molecule has 0 saturated carbocycles. The van der Waals surface area contributed by atoms with Crippen LogP contribution < -0.4 is 15.2 Å². The first-order valence-corrected chi connectivity index (χ1v) is 7.72. The quantitative estimate of drug-likeness (QED) is 0.407. The topological polar surface area (TPSA) is 90.7 Å². The van der Waals surface area contributed by atoms with Crippen LogP contribution in [0.2, 0.25) is 0 Å². The van der Waals surface area contributed by atoms with Gasteiger partial charge in [-0.1, -0.05) is 6.08 Å². The van der Waals surface area contributed by atoms with Crippen LogP contribution in [0.4, 0.5) is 10.1 Å². The molecule has 0 bridgehead atoms. The summed E-state index contributed by atoms with van der Waals surface area (Å²) in [4.78, 5) is -0.260.